The molecule has 3 N–H and O–H groups in total. The molecule has 0 unspecified atom stereocenters. The summed E-state index contributed by atoms with van der Waals surface area (Å²) in [6, 6.07) is 0.397. The van der Waals surface area contributed by atoms with Crippen molar-refractivity contribution >= 4 is 11.8 Å². The number of hydrogen-bond donors (Lipinski definition) is 3. The number of nitrogens with one attached hydrogen (secondary N) is 3. The van der Waals surface area contributed by atoms with Crippen LogP contribution in [0.25, 0.3) is 0 Å². The fraction of sp³-hybridized carbons (Fsp3) is 0.833. The molecule has 6 heteroatoms. The summed E-state index contributed by atoms with van der Waals surface area (Å²) in [7, 11) is 0. The van der Waals surface area contributed by atoms with Gasteiger partial charge in [-0.25, -0.2) is 0 Å². The Hall–Kier alpha value is -1.14. The highest BCUT2D eigenvalue weighted by atomic mass is 16.2. The van der Waals surface area contributed by atoms with Gasteiger partial charge >= 0.3 is 0 Å². The fourth-order valence-electron chi connectivity index (χ4n) is 1.97. The average molecular weight is 254 g/mol. The van der Waals surface area contributed by atoms with Gasteiger partial charge in [0.05, 0.1) is 6.54 Å². The molecule has 2 aliphatic rings. The molecular weight excluding hydrogens is 232 g/mol. The van der Waals surface area contributed by atoms with Crippen molar-refractivity contribution in [3.63, 3.8) is 0 Å². The van der Waals surface area contributed by atoms with Crippen LogP contribution in [0.2, 0.25) is 0 Å². The third kappa shape index (κ3) is 5.01. The Bertz CT molecular complexity index is 298. The number of piperazine rings is 1. The zero-order chi connectivity index (χ0) is 12.8. The molecule has 2 rings (SSSR count). The van der Waals surface area contributed by atoms with Gasteiger partial charge in [-0.2, -0.15) is 0 Å². The van der Waals surface area contributed by atoms with Crippen LogP contribution in [0.15, 0.2) is 0 Å². The zero-order valence-electron chi connectivity index (χ0n) is 10.7. The molecule has 0 bridgehead atoms. The van der Waals surface area contributed by atoms with E-state index in [1.54, 1.807) is 0 Å². The Morgan fingerprint density at radius 2 is 1.89 bits per heavy atom. The van der Waals surface area contributed by atoms with Crippen molar-refractivity contribution in [3.8, 4) is 0 Å². The maximum atomic E-state index is 11.6. The Kier molecular flexibility index (Phi) is 4.95. The van der Waals surface area contributed by atoms with Crippen LogP contribution in [0.5, 0.6) is 0 Å². The second kappa shape index (κ2) is 6.70. The molecule has 0 atom stereocenters. The van der Waals surface area contributed by atoms with E-state index in [4.69, 9.17) is 0 Å². The Morgan fingerprint density at radius 1 is 1.17 bits per heavy atom. The van der Waals surface area contributed by atoms with Crippen LogP contribution >= 0.6 is 0 Å². The van der Waals surface area contributed by atoms with Crippen LogP contribution < -0.4 is 16.0 Å². The summed E-state index contributed by atoms with van der Waals surface area (Å²) in [4.78, 5) is 25.1. The van der Waals surface area contributed by atoms with Gasteiger partial charge in [0.25, 0.3) is 0 Å². The van der Waals surface area contributed by atoms with Crippen molar-refractivity contribution in [1.82, 2.24) is 20.9 Å². The van der Waals surface area contributed by atoms with E-state index in [9.17, 15) is 9.59 Å². The molecule has 0 aromatic heterocycles. The maximum absolute atomic E-state index is 11.6. The molecule has 1 aliphatic heterocycles. The van der Waals surface area contributed by atoms with Crippen LogP contribution in [-0.4, -0.2) is 62.0 Å². The molecule has 0 aromatic carbocycles. The summed E-state index contributed by atoms with van der Waals surface area (Å²) in [5, 5.41) is 8.94. The first kappa shape index (κ1) is 13.3. The van der Waals surface area contributed by atoms with Gasteiger partial charge in [0.2, 0.25) is 11.8 Å². The van der Waals surface area contributed by atoms with Gasteiger partial charge in [0.15, 0.2) is 0 Å². The van der Waals surface area contributed by atoms with Gasteiger partial charge in [0, 0.05) is 45.2 Å². The summed E-state index contributed by atoms with van der Waals surface area (Å²) in [6.07, 6.45) is 2.58. The highest BCUT2D eigenvalue weighted by Gasteiger charge is 2.22. The molecule has 0 aromatic rings. The Morgan fingerprint density at radius 3 is 2.56 bits per heavy atom. The molecule has 0 spiro atoms. The standard InChI is InChI=1S/C12H22N4O2/c17-11(15-10-1-2-10)3-4-14-12(18)9-16-7-5-13-6-8-16/h10,13H,1-9H2,(H,14,18)(H,15,17). The minimum atomic E-state index is 0.0103. The van der Waals surface area contributed by atoms with Crippen LogP contribution in [-0.2, 0) is 9.59 Å². The average Bonchev–Trinajstić information content (AvgIpc) is 3.14. The summed E-state index contributed by atoms with van der Waals surface area (Å²) in [5.41, 5.74) is 0. The lowest BCUT2D eigenvalue weighted by atomic mass is 10.3. The van der Waals surface area contributed by atoms with Crippen molar-refractivity contribution < 1.29 is 9.59 Å². The van der Waals surface area contributed by atoms with Crippen LogP contribution in [0, 0.1) is 0 Å². The van der Waals surface area contributed by atoms with Gasteiger partial charge in [-0.05, 0) is 12.8 Å². The van der Waals surface area contributed by atoms with Gasteiger partial charge in [0.1, 0.15) is 0 Å². The zero-order valence-corrected chi connectivity index (χ0v) is 10.7. The largest absolute Gasteiger partial charge is 0.354 e. The smallest absolute Gasteiger partial charge is 0.234 e. The maximum Gasteiger partial charge on any atom is 0.234 e. The second-order valence-corrected chi connectivity index (χ2v) is 4.97. The fourth-order valence-corrected chi connectivity index (χ4v) is 1.97. The molecule has 1 heterocycles. The number of hydrogen-bond acceptors (Lipinski definition) is 4. The summed E-state index contributed by atoms with van der Waals surface area (Å²) >= 11 is 0. The minimum absolute atomic E-state index is 0.0103. The van der Waals surface area contributed by atoms with Gasteiger partial charge in [-0.1, -0.05) is 0 Å². The number of carbonyl (C=O) groups excluding carboxylic acids is 2. The minimum Gasteiger partial charge on any atom is -0.354 e. The Balaban J connectivity index is 1.52. The first-order valence-corrected chi connectivity index (χ1v) is 6.73. The molecule has 0 radical (unpaired) electrons. The topological polar surface area (TPSA) is 73.5 Å². The number of rotatable bonds is 6. The van der Waals surface area contributed by atoms with Crippen molar-refractivity contribution in [2.24, 2.45) is 0 Å². The van der Waals surface area contributed by atoms with E-state index in [2.05, 4.69) is 20.9 Å². The van der Waals surface area contributed by atoms with Crippen molar-refractivity contribution in [2.75, 3.05) is 39.3 Å². The molecule has 1 saturated heterocycles. The quantitative estimate of drug-likeness (QED) is 0.549. The molecule has 102 valence electrons. The highest BCUT2D eigenvalue weighted by Crippen LogP contribution is 2.18. The SMILES string of the molecule is O=C(CN1CCNCC1)NCCC(=O)NC1CC1. The third-order valence-electron chi connectivity index (χ3n) is 3.19. The van der Waals surface area contributed by atoms with E-state index >= 15 is 0 Å². The van der Waals surface area contributed by atoms with Crippen LogP contribution in [0.4, 0.5) is 0 Å². The lowest BCUT2D eigenvalue weighted by Crippen LogP contribution is -2.47. The van der Waals surface area contributed by atoms with E-state index in [1.807, 2.05) is 0 Å². The van der Waals surface area contributed by atoms with Gasteiger partial charge in [-0.3, -0.25) is 14.5 Å². The van der Waals surface area contributed by atoms with Gasteiger partial charge in [-0.15, -0.1) is 0 Å². The Labute approximate surface area is 107 Å². The number of carbonyl (C=O) groups is 2. The van der Waals surface area contributed by atoms with Gasteiger partial charge < -0.3 is 16.0 Å². The predicted octanol–water partition coefficient (Wildman–Crippen LogP) is -1.32. The summed E-state index contributed by atoms with van der Waals surface area (Å²) in [5.74, 6) is 0.0519. The first-order valence-electron chi connectivity index (χ1n) is 6.73. The van der Waals surface area contributed by atoms with E-state index in [0.717, 1.165) is 39.0 Å². The molecule has 1 aliphatic carbocycles. The molecule has 18 heavy (non-hydrogen) atoms. The van der Waals surface area contributed by atoms with E-state index < -0.39 is 0 Å². The monoisotopic (exact) mass is 254 g/mol. The molecule has 6 nitrogen and oxygen atoms in total. The normalized spacial score (nSPS) is 20.4. The van der Waals surface area contributed by atoms with Crippen LogP contribution in [0.3, 0.4) is 0 Å². The van der Waals surface area contributed by atoms with E-state index in [1.165, 1.54) is 0 Å². The molecule has 2 amide bonds. The highest BCUT2D eigenvalue weighted by molar-refractivity contribution is 5.80. The third-order valence-corrected chi connectivity index (χ3v) is 3.19. The first-order chi connectivity index (χ1) is 8.74. The van der Waals surface area contributed by atoms with Crippen molar-refractivity contribution in [3.05, 3.63) is 0 Å². The van der Waals surface area contributed by atoms with Crippen LogP contribution in [0.1, 0.15) is 19.3 Å². The number of amides is 2. The van der Waals surface area contributed by atoms with Crippen molar-refractivity contribution in [1.29, 1.82) is 0 Å². The molecule has 1 saturated carbocycles. The second-order valence-electron chi connectivity index (χ2n) is 4.97. The summed E-state index contributed by atoms with van der Waals surface area (Å²) in [6.45, 7) is 4.58. The number of nitrogens with zero attached hydrogens (tertiary/aromatic N) is 1. The van der Waals surface area contributed by atoms with Crippen molar-refractivity contribution in [2.45, 2.75) is 25.3 Å². The van der Waals surface area contributed by atoms with E-state index in [-0.39, 0.29) is 11.8 Å². The molecular formula is C12H22N4O2. The predicted molar refractivity (Wildman–Crippen MR) is 68.1 cm³/mol. The summed E-state index contributed by atoms with van der Waals surface area (Å²) < 4.78 is 0. The van der Waals surface area contributed by atoms with E-state index in [0.29, 0.717) is 25.6 Å². The lowest BCUT2D eigenvalue weighted by Gasteiger charge is -2.26. The lowest BCUT2D eigenvalue weighted by molar-refractivity contribution is -0.123. The molecule has 2 fully saturated rings.